The number of likely N-dealkylation sites (N-methyl/N-ethyl adjacent to an activating group) is 1. The van der Waals surface area contributed by atoms with Crippen LogP contribution in [0.3, 0.4) is 0 Å². The molecule has 0 saturated heterocycles. The quantitative estimate of drug-likeness (QED) is 0.169. The van der Waals surface area contributed by atoms with Gasteiger partial charge in [-0.25, -0.2) is 9.79 Å². The number of hydrogen-bond donors (Lipinski definition) is 7. The van der Waals surface area contributed by atoms with Gasteiger partial charge in [-0.2, -0.15) is 4.99 Å². The van der Waals surface area contributed by atoms with E-state index in [9.17, 15) is 24.3 Å². The van der Waals surface area contributed by atoms with E-state index in [-0.39, 0.29) is 48.4 Å². The van der Waals surface area contributed by atoms with Crippen molar-refractivity contribution in [1.82, 2.24) is 21.3 Å². The van der Waals surface area contributed by atoms with Crippen molar-refractivity contribution in [1.29, 1.82) is 0 Å². The highest BCUT2D eigenvalue weighted by molar-refractivity contribution is 6.14. The Morgan fingerprint density at radius 1 is 1.26 bits per heavy atom. The fourth-order valence-electron chi connectivity index (χ4n) is 3.18. The van der Waals surface area contributed by atoms with Crippen LogP contribution in [-0.4, -0.2) is 66.8 Å². The van der Waals surface area contributed by atoms with Crippen LogP contribution in [0, 0.1) is 0 Å². The maximum Gasteiger partial charge on any atom is 0.326 e. The van der Waals surface area contributed by atoms with Crippen molar-refractivity contribution in [3.63, 3.8) is 0 Å². The minimum absolute atomic E-state index is 0.00357. The lowest BCUT2D eigenvalue weighted by Crippen LogP contribution is -2.41. The molecule has 8 N–H and O–H groups in total. The van der Waals surface area contributed by atoms with Gasteiger partial charge in [-0.15, -0.1) is 6.58 Å². The molecule has 1 atom stereocenters. The number of amides is 3. The molecule has 0 aromatic heterocycles. The Labute approximate surface area is 220 Å². The lowest BCUT2D eigenvalue weighted by molar-refractivity contribution is -0.139. The Bertz CT molecular complexity index is 1140. The first-order chi connectivity index (χ1) is 18.1. The van der Waals surface area contributed by atoms with Crippen LogP contribution in [-0.2, 0) is 14.4 Å². The maximum atomic E-state index is 12.6. The molecule has 1 aliphatic heterocycles. The van der Waals surface area contributed by atoms with Gasteiger partial charge in [0.2, 0.25) is 17.8 Å². The number of benzene rings is 1. The predicted molar refractivity (Wildman–Crippen MR) is 144 cm³/mol. The van der Waals surface area contributed by atoms with Gasteiger partial charge < -0.3 is 32.1 Å². The fourth-order valence-corrected chi connectivity index (χ4v) is 3.18. The monoisotopic (exact) mass is 526 g/mol. The zero-order valence-electron chi connectivity index (χ0n) is 21.5. The molecule has 1 aromatic rings. The van der Waals surface area contributed by atoms with Gasteiger partial charge in [0.1, 0.15) is 11.9 Å². The molecule has 204 valence electrons. The number of rotatable bonds is 14. The van der Waals surface area contributed by atoms with Crippen LogP contribution in [0.25, 0.3) is 0 Å². The average molecular weight is 527 g/mol. The van der Waals surface area contributed by atoms with E-state index in [2.05, 4.69) is 43.1 Å². The van der Waals surface area contributed by atoms with Gasteiger partial charge in [0, 0.05) is 43.2 Å². The van der Waals surface area contributed by atoms with Crippen molar-refractivity contribution >= 4 is 41.2 Å². The lowest BCUT2D eigenvalue weighted by Gasteiger charge is -2.15. The number of aliphatic carboxylic acids is 1. The first-order valence-corrected chi connectivity index (χ1v) is 11.9. The summed E-state index contributed by atoms with van der Waals surface area (Å²) in [5, 5.41) is 23.2. The summed E-state index contributed by atoms with van der Waals surface area (Å²) in [6, 6.07) is 5.27. The number of nitrogens with one attached hydrogen (secondary N) is 5. The summed E-state index contributed by atoms with van der Waals surface area (Å²) in [6.07, 6.45) is 2.13. The molecule has 2 rings (SSSR count). The summed E-state index contributed by atoms with van der Waals surface area (Å²) in [5.41, 5.74) is 8.14. The van der Waals surface area contributed by atoms with Crippen LogP contribution in [0.1, 0.15) is 43.0 Å². The summed E-state index contributed by atoms with van der Waals surface area (Å²) in [5.74, 6) is -2.07. The SMILES string of the molecule is C=C(C)CCNC(=O)CC[C@H](NC(=O)c1ccc(NC/C(=C/N=C2CC(=O)NC(N)=N2)NC)cc1)C(=O)O. The zero-order chi connectivity index (χ0) is 28.1. The standard InChI is InChI=1S/C25H34N8O5/c1-15(2)10-11-28-21(34)9-8-19(24(37)38)31-23(36)16-4-6-17(7-5-16)29-13-18(27-3)14-30-20-12-22(35)33-25(26)32-20/h4-7,14,19,27,29H,1,8-13H2,2-3H3,(H,28,34)(H,31,36)(H,37,38)(H3,26,30,32,33,35)/b18-14-/t19-/m0/s1. The van der Waals surface area contributed by atoms with Crippen LogP contribution in [0.2, 0.25) is 0 Å². The number of anilines is 1. The number of aliphatic imine (C=N–C) groups is 2. The van der Waals surface area contributed by atoms with Gasteiger partial charge in [0.05, 0.1) is 13.0 Å². The van der Waals surface area contributed by atoms with Crippen molar-refractivity contribution in [2.75, 3.05) is 25.5 Å². The van der Waals surface area contributed by atoms with Gasteiger partial charge in [-0.1, -0.05) is 5.57 Å². The van der Waals surface area contributed by atoms with Crippen LogP contribution < -0.4 is 32.3 Å². The van der Waals surface area contributed by atoms with E-state index < -0.39 is 17.9 Å². The summed E-state index contributed by atoms with van der Waals surface area (Å²) >= 11 is 0. The van der Waals surface area contributed by atoms with E-state index >= 15 is 0 Å². The smallest absolute Gasteiger partial charge is 0.326 e. The molecule has 0 unspecified atom stereocenters. The molecule has 13 heteroatoms. The van der Waals surface area contributed by atoms with E-state index in [1.807, 2.05) is 6.92 Å². The predicted octanol–water partition coefficient (Wildman–Crippen LogP) is 0.438. The number of amidine groups is 1. The summed E-state index contributed by atoms with van der Waals surface area (Å²) in [7, 11) is 1.72. The van der Waals surface area contributed by atoms with Crippen molar-refractivity contribution in [2.24, 2.45) is 15.7 Å². The third kappa shape index (κ3) is 10.5. The molecule has 1 aliphatic rings. The highest BCUT2D eigenvalue weighted by atomic mass is 16.4. The van der Waals surface area contributed by atoms with E-state index in [1.54, 1.807) is 31.3 Å². The third-order valence-electron chi connectivity index (χ3n) is 5.29. The van der Waals surface area contributed by atoms with Gasteiger partial charge in [0.15, 0.2) is 0 Å². The zero-order valence-corrected chi connectivity index (χ0v) is 21.5. The molecule has 1 heterocycles. The molecule has 3 amide bonds. The summed E-state index contributed by atoms with van der Waals surface area (Å²) < 4.78 is 0. The van der Waals surface area contributed by atoms with Gasteiger partial charge >= 0.3 is 5.97 Å². The first-order valence-electron chi connectivity index (χ1n) is 11.9. The number of guanidine groups is 1. The highest BCUT2D eigenvalue weighted by Crippen LogP contribution is 2.11. The molecule has 0 bridgehead atoms. The molecule has 0 radical (unpaired) electrons. The first kappa shape index (κ1) is 29.5. The lowest BCUT2D eigenvalue weighted by atomic mass is 10.1. The Hall–Kier alpha value is -4.68. The fraction of sp³-hybridized carbons (Fsp3) is 0.360. The molecule has 0 saturated carbocycles. The minimum atomic E-state index is -1.22. The molecule has 1 aromatic carbocycles. The number of carbonyl (C=O) groups excluding carboxylic acids is 3. The second-order valence-electron chi connectivity index (χ2n) is 8.56. The second-order valence-corrected chi connectivity index (χ2v) is 8.56. The van der Waals surface area contributed by atoms with Crippen LogP contribution >= 0.6 is 0 Å². The van der Waals surface area contributed by atoms with Crippen LogP contribution in [0.5, 0.6) is 0 Å². The van der Waals surface area contributed by atoms with Crippen molar-refractivity contribution in [2.45, 2.75) is 38.6 Å². The van der Waals surface area contributed by atoms with Gasteiger partial charge in [-0.3, -0.25) is 19.7 Å². The van der Waals surface area contributed by atoms with Crippen molar-refractivity contribution < 1.29 is 24.3 Å². The number of hydrogen-bond acceptors (Lipinski definition) is 8. The van der Waals surface area contributed by atoms with E-state index in [1.165, 1.54) is 6.20 Å². The highest BCUT2D eigenvalue weighted by Gasteiger charge is 2.21. The minimum Gasteiger partial charge on any atom is -0.480 e. The van der Waals surface area contributed by atoms with E-state index in [0.717, 1.165) is 5.57 Å². The van der Waals surface area contributed by atoms with Gasteiger partial charge in [-0.05, 0) is 44.0 Å². The van der Waals surface area contributed by atoms with Crippen LogP contribution in [0.4, 0.5) is 5.69 Å². The number of carboxylic acid groups (broad SMARTS) is 1. The Balaban J connectivity index is 1.89. The van der Waals surface area contributed by atoms with Gasteiger partial charge in [0.25, 0.3) is 5.91 Å². The molecule has 0 aliphatic carbocycles. The Kier molecular flexibility index (Phi) is 11.5. The summed E-state index contributed by atoms with van der Waals surface area (Å²) in [6.45, 7) is 6.40. The normalized spacial score (nSPS) is 15.1. The number of nitrogens with zero attached hydrogens (tertiary/aromatic N) is 2. The molecule has 13 nitrogen and oxygen atoms in total. The molecular weight excluding hydrogens is 492 g/mol. The molecule has 0 fully saturated rings. The maximum absolute atomic E-state index is 12.6. The average Bonchev–Trinajstić information content (AvgIpc) is 2.85. The largest absolute Gasteiger partial charge is 0.480 e. The van der Waals surface area contributed by atoms with Crippen molar-refractivity contribution in [3.8, 4) is 0 Å². The number of carboxylic acids is 1. The molecule has 38 heavy (non-hydrogen) atoms. The molecular formula is C25H34N8O5. The topological polar surface area (TPSA) is 199 Å². The van der Waals surface area contributed by atoms with Crippen molar-refractivity contribution in [3.05, 3.63) is 53.9 Å². The Morgan fingerprint density at radius 3 is 2.58 bits per heavy atom. The Morgan fingerprint density at radius 2 is 1.97 bits per heavy atom. The summed E-state index contributed by atoms with van der Waals surface area (Å²) in [4.78, 5) is 55.8. The second kappa shape index (κ2) is 14.8. The number of nitrogens with two attached hydrogens (primary N) is 1. The van der Waals surface area contributed by atoms with E-state index in [0.29, 0.717) is 30.9 Å². The van der Waals surface area contributed by atoms with Crippen LogP contribution in [0.15, 0.2) is 58.3 Å². The van der Waals surface area contributed by atoms with E-state index in [4.69, 9.17) is 5.73 Å². The number of carbonyl (C=O) groups is 4. The molecule has 0 spiro atoms. The third-order valence-corrected chi connectivity index (χ3v) is 5.29.